The van der Waals surface area contributed by atoms with Gasteiger partial charge in [-0.15, -0.1) is 0 Å². The lowest BCUT2D eigenvalue weighted by molar-refractivity contribution is -0.143. The van der Waals surface area contributed by atoms with Crippen LogP contribution in [-0.4, -0.2) is 38.1 Å². The predicted octanol–water partition coefficient (Wildman–Crippen LogP) is 2.10. The molecule has 2 amide bonds. The molecule has 2 aromatic carbocycles. The highest BCUT2D eigenvalue weighted by molar-refractivity contribution is 6.31. The minimum Gasteiger partial charge on any atom is -0.490 e. The largest absolute Gasteiger partial charge is 0.490 e. The summed E-state index contributed by atoms with van der Waals surface area (Å²) in [4.78, 5) is 36.3. The van der Waals surface area contributed by atoms with Gasteiger partial charge in [0.1, 0.15) is 5.57 Å². The maximum absolute atomic E-state index is 12.7. The summed E-state index contributed by atoms with van der Waals surface area (Å²) in [6.45, 7) is 1.92. The van der Waals surface area contributed by atoms with Gasteiger partial charge in [0.05, 0.1) is 19.4 Å². The fourth-order valence-corrected chi connectivity index (χ4v) is 2.68. The molecule has 8 nitrogen and oxygen atoms in total. The maximum Gasteiger partial charge on any atom is 0.343 e. The van der Waals surface area contributed by atoms with Gasteiger partial charge in [0.25, 0.3) is 11.8 Å². The Bertz CT molecular complexity index is 955. The number of carbonyl (C=O) groups excluding carboxylic acids is 3. The second-order valence-corrected chi connectivity index (χ2v) is 5.98. The van der Waals surface area contributed by atoms with Gasteiger partial charge < -0.3 is 14.2 Å². The van der Waals surface area contributed by atoms with E-state index in [0.29, 0.717) is 29.4 Å². The van der Waals surface area contributed by atoms with E-state index in [9.17, 15) is 14.4 Å². The van der Waals surface area contributed by atoms with Gasteiger partial charge in [-0.3, -0.25) is 15.0 Å². The number of hydrogen-bond donors (Lipinski definition) is 1. The quantitative estimate of drug-likeness (QED) is 0.438. The number of methoxy groups -OCH3 is 1. The SMILES string of the molecule is CCOc1cc(/C=C2/C(=O)NN(c3ccccc3)C2=O)ccc1OCC(=O)OC. The second-order valence-electron chi connectivity index (χ2n) is 5.98. The zero-order chi connectivity index (χ0) is 20.8. The summed E-state index contributed by atoms with van der Waals surface area (Å²) in [7, 11) is 1.27. The number of esters is 1. The van der Waals surface area contributed by atoms with Gasteiger partial charge in [0, 0.05) is 0 Å². The van der Waals surface area contributed by atoms with Crippen molar-refractivity contribution in [1.82, 2.24) is 5.43 Å². The molecule has 0 aliphatic carbocycles. The minimum atomic E-state index is -0.520. The fourth-order valence-electron chi connectivity index (χ4n) is 2.68. The van der Waals surface area contributed by atoms with E-state index in [0.717, 1.165) is 0 Å². The van der Waals surface area contributed by atoms with Crippen molar-refractivity contribution < 1.29 is 28.6 Å². The molecule has 1 saturated heterocycles. The Balaban J connectivity index is 1.85. The van der Waals surface area contributed by atoms with Crippen LogP contribution in [0.3, 0.4) is 0 Å². The predicted molar refractivity (Wildman–Crippen MR) is 105 cm³/mol. The molecule has 8 heteroatoms. The Labute approximate surface area is 167 Å². The van der Waals surface area contributed by atoms with E-state index in [-0.39, 0.29) is 12.2 Å². The van der Waals surface area contributed by atoms with Gasteiger partial charge >= 0.3 is 5.97 Å². The third-order valence-corrected chi connectivity index (χ3v) is 4.06. The molecule has 0 bridgehead atoms. The smallest absolute Gasteiger partial charge is 0.343 e. The van der Waals surface area contributed by atoms with Crippen LogP contribution in [0.1, 0.15) is 12.5 Å². The Morgan fingerprint density at radius 1 is 1.07 bits per heavy atom. The number of carbonyl (C=O) groups is 3. The summed E-state index contributed by atoms with van der Waals surface area (Å²) in [6, 6.07) is 13.7. The lowest BCUT2D eigenvalue weighted by Crippen LogP contribution is -2.35. The van der Waals surface area contributed by atoms with Crippen LogP contribution < -0.4 is 19.9 Å². The molecule has 1 aliphatic rings. The minimum absolute atomic E-state index is 0.000435. The highest BCUT2D eigenvalue weighted by Crippen LogP contribution is 2.30. The van der Waals surface area contributed by atoms with Crippen molar-refractivity contribution >= 4 is 29.5 Å². The van der Waals surface area contributed by atoms with Crippen molar-refractivity contribution in [3.05, 3.63) is 59.7 Å². The Hall–Kier alpha value is -3.81. The maximum atomic E-state index is 12.7. The van der Waals surface area contributed by atoms with E-state index in [1.54, 1.807) is 49.4 Å². The number of ether oxygens (including phenoxy) is 3. The molecular formula is C21H20N2O6. The van der Waals surface area contributed by atoms with Gasteiger partial charge in [-0.1, -0.05) is 24.3 Å². The lowest BCUT2D eigenvalue weighted by Gasteiger charge is -2.14. The molecule has 29 heavy (non-hydrogen) atoms. The highest BCUT2D eigenvalue weighted by atomic mass is 16.6. The van der Waals surface area contributed by atoms with E-state index < -0.39 is 17.8 Å². The van der Waals surface area contributed by atoms with Crippen LogP contribution in [0.15, 0.2) is 54.1 Å². The van der Waals surface area contributed by atoms with Crippen LogP contribution in [0.4, 0.5) is 5.69 Å². The zero-order valence-corrected chi connectivity index (χ0v) is 16.0. The first-order valence-corrected chi connectivity index (χ1v) is 8.92. The van der Waals surface area contributed by atoms with E-state index in [2.05, 4.69) is 10.2 Å². The van der Waals surface area contributed by atoms with Gasteiger partial charge in [-0.05, 0) is 42.8 Å². The molecule has 0 spiro atoms. The molecular weight excluding hydrogens is 376 g/mol. The van der Waals surface area contributed by atoms with Crippen LogP contribution in [0.25, 0.3) is 6.08 Å². The van der Waals surface area contributed by atoms with Crippen LogP contribution in [0, 0.1) is 0 Å². The van der Waals surface area contributed by atoms with Crippen molar-refractivity contribution in [3.63, 3.8) is 0 Å². The van der Waals surface area contributed by atoms with Crippen molar-refractivity contribution in [2.24, 2.45) is 0 Å². The normalized spacial score (nSPS) is 14.7. The highest BCUT2D eigenvalue weighted by Gasteiger charge is 2.34. The molecule has 0 unspecified atom stereocenters. The Morgan fingerprint density at radius 3 is 2.52 bits per heavy atom. The number of rotatable bonds is 7. The van der Waals surface area contributed by atoms with Gasteiger partial charge in [0.15, 0.2) is 18.1 Å². The van der Waals surface area contributed by atoms with Crippen LogP contribution in [0.2, 0.25) is 0 Å². The third kappa shape index (κ3) is 4.55. The summed E-state index contributed by atoms with van der Waals surface area (Å²) in [6.07, 6.45) is 1.48. The van der Waals surface area contributed by atoms with Crippen LogP contribution in [0.5, 0.6) is 11.5 Å². The second kappa shape index (κ2) is 8.92. The fraction of sp³-hybridized carbons (Fsp3) is 0.190. The standard InChI is InChI=1S/C21H20N2O6/c1-3-28-18-12-14(9-10-17(18)29-13-19(24)27-2)11-16-20(25)22-23(21(16)26)15-7-5-4-6-8-15/h4-12H,3,13H2,1-2H3,(H,22,25)/b16-11-. The van der Waals surface area contributed by atoms with Crippen LogP contribution in [-0.2, 0) is 19.1 Å². The molecule has 0 saturated carbocycles. The number of benzene rings is 2. The van der Waals surface area contributed by atoms with E-state index in [4.69, 9.17) is 9.47 Å². The first-order valence-electron chi connectivity index (χ1n) is 8.92. The van der Waals surface area contributed by atoms with E-state index >= 15 is 0 Å². The molecule has 2 aromatic rings. The molecule has 0 radical (unpaired) electrons. The zero-order valence-electron chi connectivity index (χ0n) is 16.0. The van der Waals surface area contributed by atoms with Crippen molar-refractivity contribution in [3.8, 4) is 11.5 Å². The summed E-state index contributed by atoms with van der Waals surface area (Å²) >= 11 is 0. The Kier molecular flexibility index (Phi) is 6.13. The number of nitrogens with zero attached hydrogens (tertiary/aromatic N) is 1. The molecule has 1 N–H and O–H groups in total. The molecule has 150 valence electrons. The summed E-state index contributed by atoms with van der Waals surface area (Å²) in [5.41, 5.74) is 3.69. The van der Waals surface area contributed by atoms with Crippen LogP contribution >= 0.6 is 0 Å². The summed E-state index contributed by atoms with van der Waals surface area (Å²) < 4.78 is 15.5. The molecule has 1 heterocycles. The molecule has 0 aromatic heterocycles. The number of nitrogens with one attached hydrogen (secondary N) is 1. The van der Waals surface area contributed by atoms with Gasteiger partial charge in [0.2, 0.25) is 0 Å². The average Bonchev–Trinajstić information content (AvgIpc) is 3.02. The van der Waals surface area contributed by atoms with Crippen molar-refractivity contribution in [2.45, 2.75) is 6.92 Å². The number of hydrazine groups is 1. The molecule has 1 aliphatic heterocycles. The summed E-state index contributed by atoms with van der Waals surface area (Å²) in [5.74, 6) is -0.732. The lowest BCUT2D eigenvalue weighted by atomic mass is 10.1. The average molecular weight is 396 g/mol. The molecule has 3 rings (SSSR count). The van der Waals surface area contributed by atoms with E-state index in [1.165, 1.54) is 18.2 Å². The molecule has 0 atom stereocenters. The van der Waals surface area contributed by atoms with Gasteiger partial charge in [-0.2, -0.15) is 0 Å². The summed E-state index contributed by atoms with van der Waals surface area (Å²) in [5, 5.41) is 1.20. The topological polar surface area (TPSA) is 94.2 Å². The Morgan fingerprint density at radius 2 is 1.83 bits per heavy atom. The number of anilines is 1. The number of para-hydroxylation sites is 1. The van der Waals surface area contributed by atoms with Crippen molar-refractivity contribution in [2.75, 3.05) is 25.3 Å². The number of hydrogen-bond acceptors (Lipinski definition) is 6. The van der Waals surface area contributed by atoms with E-state index in [1.807, 2.05) is 6.07 Å². The molecule has 1 fully saturated rings. The monoisotopic (exact) mass is 396 g/mol. The first-order chi connectivity index (χ1) is 14.0. The third-order valence-electron chi connectivity index (χ3n) is 4.06. The van der Waals surface area contributed by atoms with Gasteiger partial charge in [-0.25, -0.2) is 9.80 Å². The van der Waals surface area contributed by atoms with Crippen molar-refractivity contribution in [1.29, 1.82) is 0 Å². The first kappa shape index (κ1) is 19.9. The number of amides is 2.